The molecule has 4 heteroatoms. The number of carbonyl (C=O) groups is 1. The van der Waals surface area contributed by atoms with E-state index in [-0.39, 0.29) is 5.25 Å². The number of rotatable bonds is 4. The van der Waals surface area contributed by atoms with E-state index in [0.717, 1.165) is 25.7 Å². The molecule has 92 valence electrons. The number of aliphatic carboxylic acids is 1. The van der Waals surface area contributed by atoms with Crippen LogP contribution in [-0.4, -0.2) is 20.5 Å². The first kappa shape index (κ1) is 12.3. The lowest BCUT2D eigenvalue weighted by atomic mass is 10.1. The molecule has 1 aromatic rings. The summed E-state index contributed by atoms with van der Waals surface area (Å²) in [5, 5.41) is 8.44. The van der Waals surface area contributed by atoms with Crippen LogP contribution in [0.4, 0.5) is 0 Å². The van der Waals surface area contributed by atoms with Gasteiger partial charge in [-0.05, 0) is 18.4 Å². The van der Waals surface area contributed by atoms with Crippen LogP contribution in [0.3, 0.4) is 0 Å². The van der Waals surface area contributed by atoms with E-state index in [2.05, 4.69) is 0 Å². The number of benzene rings is 1. The number of hydrogen-bond acceptors (Lipinski definition) is 2. The van der Waals surface area contributed by atoms with Crippen molar-refractivity contribution in [1.29, 1.82) is 0 Å². The molecule has 3 nitrogen and oxygen atoms in total. The van der Waals surface area contributed by atoms with Crippen molar-refractivity contribution in [3.63, 3.8) is 0 Å². The highest BCUT2D eigenvalue weighted by molar-refractivity contribution is 7.86. The number of hydrogen-bond donors (Lipinski definition) is 1. The summed E-state index contributed by atoms with van der Waals surface area (Å²) >= 11 is 0. The maximum Gasteiger partial charge on any atom is 0.323 e. The first-order valence-corrected chi connectivity index (χ1v) is 7.15. The first-order valence-electron chi connectivity index (χ1n) is 5.87. The molecular formula is C13H16O3S. The molecule has 17 heavy (non-hydrogen) atoms. The fraction of sp³-hybridized carbons (Fsp3) is 0.462. The van der Waals surface area contributed by atoms with Gasteiger partial charge in [0.15, 0.2) is 5.25 Å². The molecule has 2 unspecified atom stereocenters. The third-order valence-electron chi connectivity index (χ3n) is 3.19. The number of carboxylic acid groups (broad SMARTS) is 1. The molecule has 2 rings (SSSR count). The largest absolute Gasteiger partial charge is 0.480 e. The predicted octanol–water partition coefficient (Wildman–Crippen LogP) is 2.50. The molecule has 0 saturated heterocycles. The lowest BCUT2D eigenvalue weighted by Crippen LogP contribution is -2.24. The van der Waals surface area contributed by atoms with Gasteiger partial charge in [-0.1, -0.05) is 43.2 Å². The van der Waals surface area contributed by atoms with Crippen molar-refractivity contribution in [2.75, 3.05) is 0 Å². The summed E-state index contributed by atoms with van der Waals surface area (Å²) in [6, 6.07) is 8.90. The second kappa shape index (κ2) is 5.45. The summed E-state index contributed by atoms with van der Waals surface area (Å²) in [5.41, 5.74) is 0.644. The molecule has 2 atom stereocenters. The lowest BCUT2D eigenvalue weighted by Gasteiger charge is -2.17. The van der Waals surface area contributed by atoms with E-state index in [1.807, 2.05) is 6.07 Å². The van der Waals surface area contributed by atoms with Crippen LogP contribution in [0.25, 0.3) is 0 Å². The third kappa shape index (κ3) is 2.75. The van der Waals surface area contributed by atoms with Gasteiger partial charge in [-0.25, -0.2) is 0 Å². The van der Waals surface area contributed by atoms with Crippen LogP contribution >= 0.6 is 0 Å². The summed E-state index contributed by atoms with van der Waals surface area (Å²) in [6.07, 6.45) is 3.92. The predicted molar refractivity (Wildman–Crippen MR) is 67.2 cm³/mol. The van der Waals surface area contributed by atoms with E-state index in [0.29, 0.717) is 5.56 Å². The van der Waals surface area contributed by atoms with Crippen molar-refractivity contribution in [1.82, 2.24) is 0 Å². The Labute approximate surface area is 103 Å². The maximum absolute atomic E-state index is 12.3. The maximum atomic E-state index is 12.3. The third-order valence-corrected chi connectivity index (χ3v) is 5.26. The fourth-order valence-electron chi connectivity index (χ4n) is 2.32. The van der Waals surface area contributed by atoms with E-state index in [1.54, 1.807) is 24.3 Å². The highest BCUT2D eigenvalue weighted by atomic mass is 32.2. The Morgan fingerprint density at radius 2 is 1.82 bits per heavy atom. The van der Waals surface area contributed by atoms with E-state index in [1.165, 1.54) is 0 Å². The highest BCUT2D eigenvalue weighted by Crippen LogP contribution is 2.31. The minimum absolute atomic E-state index is 0.0521. The van der Waals surface area contributed by atoms with Crippen molar-refractivity contribution < 1.29 is 14.1 Å². The van der Waals surface area contributed by atoms with Gasteiger partial charge >= 0.3 is 5.97 Å². The molecule has 1 aliphatic carbocycles. The van der Waals surface area contributed by atoms with Gasteiger partial charge in [0.25, 0.3) is 0 Å². The van der Waals surface area contributed by atoms with Gasteiger partial charge in [-0.2, -0.15) is 0 Å². The fourth-order valence-corrected chi connectivity index (χ4v) is 4.12. The van der Waals surface area contributed by atoms with E-state index < -0.39 is 22.0 Å². The van der Waals surface area contributed by atoms with Gasteiger partial charge in [0.2, 0.25) is 0 Å². The molecule has 1 N–H and O–H groups in total. The zero-order valence-corrected chi connectivity index (χ0v) is 10.4. The van der Waals surface area contributed by atoms with E-state index in [4.69, 9.17) is 0 Å². The average molecular weight is 252 g/mol. The molecule has 0 heterocycles. The molecule has 0 aromatic heterocycles. The highest BCUT2D eigenvalue weighted by Gasteiger charge is 2.33. The van der Waals surface area contributed by atoms with Crippen molar-refractivity contribution in [3.8, 4) is 0 Å². The zero-order valence-electron chi connectivity index (χ0n) is 9.54. The van der Waals surface area contributed by atoms with Gasteiger partial charge in [0, 0.05) is 16.0 Å². The molecule has 1 aliphatic rings. The quantitative estimate of drug-likeness (QED) is 0.895. The Kier molecular flexibility index (Phi) is 3.94. The summed E-state index contributed by atoms with van der Waals surface area (Å²) in [6.45, 7) is 0. The Hall–Kier alpha value is -1.16. The van der Waals surface area contributed by atoms with Crippen LogP contribution in [0.15, 0.2) is 30.3 Å². The average Bonchev–Trinajstić information content (AvgIpc) is 2.83. The van der Waals surface area contributed by atoms with Gasteiger partial charge in [-0.3, -0.25) is 9.00 Å². The minimum atomic E-state index is -1.31. The van der Waals surface area contributed by atoms with Gasteiger partial charge in [0.05, 0.1) is 0 Å². The molecule has 1 saturated carbocycles. The van der Waals surface area contributed by atoms with Gasteiger partial charge in [-0.15, -0.1) is 0 Å². The van der Waals surface area contributed by atoms with Crippen LogP contribution < -0.4 is 0 Å². The van der Waals surface area contributed by atoms with Crippen molar-refractivity contribution in [2.24, 2.45) is 0 Å². The topological polar surface area (TPSA) is 54.4 Å². The summed E-state index contributed by atoms with van der Waals surface area (Å²) in [5.74, 6) is -0.985. The molecule has 0 bridgehead atoms. The summed E-state index contributed by atoms with van der Waals surface area (Å²) < 4.78 is 12.3. The molecule has 0 aliphatic heterocycles. The second-order valence-electron chi connectivity index (χ2n) is 4.36. The van der Waals surface area contributed by atoms with Gasteiger partial charge in [0.1, 0.15) is 0 Å². The Bertz CT molecular complexity index is 410. The van der Waals surface area contributed by atoms with Crippen LogP contribution in [0.2, 0.25) is 0 Å². The lowest BCUT2D eigenvalue weighted by molar-refractivity contribution is -0.136. The van der Waals surface area contributed by atoms with Crippen LogP contribution in [0.1, 0.15) is 36.5 Å². The monoisotopic (exact) mass is 252 g/mol. The van der Waals surface area contributed by atoms with Crippen molar-refractivity contribution in [3.05, 3.63) is 35.9 Å². The molecule has 0 radical (unpaired) electrons. The molecule has 1 aromatic carbocycles. The molecule has 0 spiro atoms. The standard InChI is InChI=1S/C13H16O3S/c14-13(15)12(10-6-2-1-3-7-10)17(16)11-8-4-5-9-11/h1-3,6-7,11-12H,4-5,8-9H2,(H,14,15). The van der Waals surface area contributed by atoms with E-state index in [9.17, 15) is 14.1 Å². The van der Waals surface area contributed by atoms with Crippen LogP contribution in [0.5, 0.6) is 0 Å². The Morgan fingerprint density at radius 3 is 2.35 bits per heavy atom. The van der Waals surface area contributed by atoms with Crippen LogP contribution in [-0.2, 0) is 15.6 Å². The summed E-state index contributed by atoms with van der Waals surface area (Å²) in [4.78, 5) is 11.3. The summed E-state index contributed by atoms with van der Waals surface area (Å²) in [7, 11) is -1.31. The number of carboxylic acids is 1. The molecule has 1 fully saturated rings. The second-order valence-corrected chi connectivity index (χ2v) is 6.16. The zero-order chi connectivity index (χ0) is 12.3. The van der Waals surface area contributed by atoms with Gasteiger partial charge < -0.3 is 5.11 Å². The van der Waals surface area contributed by atoms with Crippen molar-refractivity contribution in [2.45, 2.75) is 36.2 Å². The Balaban J connectivity index is 2.23. The SMILES string of the molecule is O=C(O)C(c1ccccc1)S(=O)C1CCCC1. The Morgan fingerprint density at radius 1 is 1.24 bits per heavy atom. The normalized spacial score (nSPS) is 20.0. The van der Waals surface area contributed by atoms with E-state index >= 15 is 0 Å². The molecule has 0 amide bonds. The van der Waals surface area contributed by atoms with Crippen molar-refractivity contribution >= 4 is 16.8 Å². The minimum Gasteiger partial charge on any atom is -0.480 e. The molecular weight excluding hydrogens is 236 g/mol. The smallest absolute Gasteiger partial charge is 0.323 e. The van der Waals surface area contributed by atoms with Crippen LogP contribution in [0, 0.1) is 0 Å². The first-order chi connectivity index (χ1) is 8.20.